The quantitative estimate of drug-likeness (QED) is 0.0211. The van der Waals surface area contributed by atoms with Gasteiger partial charge in [0, 0.05) is 12.8 Å². The number of quaternary nitrogens is 1. The standard InChI is InChI=1S/C76H124NO8P/c1-6-8-10-12-14-16-18-20-22-24-26-28-30-32-34-36-37-38-39-41-43-45-47-49-51-53-55-57-59-61-63-65-67-69-76(79)85-74(73-84-86(80,81)83-71-70-77(3,4)5)72-82-75(78)68-66-64-62-60-58-56-54-52-50-48-46-44-42-40-35-33-31-29-27-25-23-21-19-17-15-13-11-9-7-2/h8-11,14-17,20-23,26-29,32-35,37-38,41,43,47,49,53,55,74H,6-7,12-13,18-19,24-25,30-31,36,39-40,42,44-46,48,50-52,54,56-73H2,1-5H3/p+1/b10-8-,11-9-,16-14-,17-15-,22-20-,23-21-,28-26-,29-27-,34-32-,35-33-,38-37-,43-41-,49-47-,55-53-. The van der Waals surface area contributed by atoms with E-state index in [1.807, 2.05) is 21.1 Å². The number of ether oxygens (including phenoxy) is 2. The predicted molar refractivity (Wildman–Crippen MR) is 371 cm³/mol. The van der Waals surface area contributed by atoms with Gasteiger partial charge >= 0.3 is 19.8 Å². The molecular weight excluding hydrogens is 1090 g/mol. The first-order valence-corrected chi connectivity index (χ1v) is 35.4. The maximum absolute atomic E-state index is 12.9. The summed E-state index contributed by atoms with van der Waals surface area (Å²) in [7, 11) is 1.44. The highest BCUT2D eigenvalue weighted by molar-refractivity contribution is 7.47. The molecule has 9 nitrogen and oxygen atoms in total. The zero-order valence-electron chi connectivity index (χ0n) is 55.2. The van der Waals surface area contributed by atoms with Crippen molar-refractivity contribution >= 4 is 19.8 Å². The number of carbonyl (C=O) groups is 2. The first-order valence-electron chi connectivity index (χ1n) is 33.9. The Morgan fingerprint density at radius 2 is 0.628 bits per heavy atom. The van der Waals surface area contributed by atoms with Gasteiger partial charge in [0.1, 0.15) is 19.8 Å². The van der Waals surface area contributed by atoms with Gasteiger partial charge in [0.05, 0.1) is 27.7 Å². The van der Waals surface area contributed by atoms with Crippen molar-refractivity contribution in [3.63, 3.8) is 0 Å². The number of unbranched alkanes of at least 4 members (excludes halogenated alkanes) is 18. The summed E-state index contributed by atoms with van der Waals surface area (Å²) < 4.78 is 34.7. The lowest BCUT2D eigenvalue weighted by Gasteiger charge is -2.24. The molecule has 0 saturated carbocycles. The second kappa shape index (κ2) is 64.8. The molecule has 0 radical (unpaired) electrons. The van der Waals surface area contributed by atoms with Crippen molar-refractivity contribution in [1.82, 2.24) is 0 Å². The maximum atomic E-state index is 12.9. The number of rotatable bonds is 60. The minimum absolute atomic E-state index is 0.0183. The zero-order valence-corrected chi connectivity index (χ0v) is 56.1. The fraction of sp³-hybridized carbons (Fsp3) is 0.605. The van der Waals surface area contributed by atoms with Crippen LogP contribution in [0.25, 0.3) is 0 Å². The Morgan fingerprint density at radius 1 is 0.360 bits per heavy atom. The second-order valence-corrected chi connectivity index (χ2v) is 24.5. The number of hydrogen-bond donors (Lipinski definition) is 1. The van der Waals surface area contributed by atoms with Gasteiger partial charge in [-0.2, -0.15) is 0 Å². The third-order valence-electron chi connectivity index (χ3n) is 13.7. The molecule has 0 heterocycles. The lowest BCUT2D eigenvalue weighted by Crippen LogP contribution is -2.37. The van der Waals surface area contributed by atoms with Crippen LogP contribution < -0.4 is 0 Å². The van der Waals surface area contributed by atoms with Crippen LogP contribution in [0.5, 0.6) is 0 Å². The number of esters is 2. The molecule has 1 N–H and O–H groups in total. The molecule has 2 atom stereocenters. The fourth-order valence-corrected chi connectivity index (χ4v) is 9.36. The van der Waals surface area contributed by atoms with E-state index in [2.05, 4.69) is 184 Å². The summed E-state index contributed by atoms with van der Waals surface area (Å²) in [6.07, 6.45) is 98.7. The van der Waals surface area contributed by atoms with Gasteiger partial charge in [-0.3, -0.25) is 18.6 Å². The minimum atomic E-state index is -4.41. The van der Waals surface area contributed by atoms with Crippen LogP contribution in [0, 0.1) is 0 Å². The molecule has 0 fully saturated rings. The fourth-order valence-electron chi connectivity index (χ4n) is 8.62. The molecule has 0 bridgehead atoms. The van der Waals surface area contributed by atoms with Gasteiger partial charge in [0.15, 0.2) is 6.10 Å². The van der Waals surface area contributed by atoms with Crippen molar-refractivity contribution in [2.24, 2.45) is 0 Å². The van der Waals surface area contributed by atoms with Gasteiger partial charge < -0.3 is 18.9 Å². The van der Waals surface area contributed by atoms with Gasteiger partial charge in [-0.15, -0.1) is 0 Å². The molecule has 0 aliphatic carbocycles. The van der Waals surface area contributed by atoms with Crippen LogP contribution in [0.2, 0.25) is 0 Å². The summed E-state index contributed by atoms with van der Waals surface area (Å²) in [4.78, 5) is 35.9. The number of phosphoric acid groups is 1. The number of likely N-dealkylation sites (N-methyl/N-ethyl adjacent to an activating group) is 1. The smallest absolute Gasteiger partial charge is 0.462 e. The summed E-state index contributed by atoms with van der Waals surface area (Å²) in [5.41, 5.74) is 0. The van der Waals surface area contributed by atoms with Gasteiger partial charge in [-0.1, -0.05) is 274 Å². The third-order valence-corrected chi connectivity index (χ3v) is 14.7. The number of nitrogens with zero attached hydrogens (tertiary/aromatic N) is 1. The molecule has 2 unspecified atom stereocenters. The zero-order chi connectivity index (χ0) is 62.6. The summed E-state index contributed by atoms with van der Waals surface area (Å²) in [5.74, 6) is -0.831. The average molecular weight is 1210 g/mol. The highest BCUT2D eigenvalue weighted by Gasteiger charge is 2.27. The highest BCUT2D eigenvalue weighted by Crippen LogP contribution is 2.43. The Kier molecular flexibility index (Phi) is 61.3. The van der Waals surface area contributed by atoms with E-state index in [9.17, 15) is 19.0 Å². The van der Waals surface area contributed by atoms with Crippen LogP contribution in [0.4, 0.5) is 0 Å². The SMILES string of the molecule is CC/C=C\C/C=C\C/C=C\C/C=C\C/C=C\C/C=C\C/C=C\C/C=C\C/C=C\CCCCCCCC(=O)OC(COC(=O)CCCCCCCCCCCCCCC/C=C\C/C=C\C/C=C\C/C=C\C/C=C\CC)COP(=O)(O)OCC[N+](C)(C)C. The topological polar surface area (TPSA) is 108 Å². The van der Waals surface area contributed by atoms with E-state index in [4.69, 9.17) is 18.5 Å². The average Bonchev–Trinajstić information content (AvgIpc) is 3.70. The molecule has 0 aliphatic heterocycles. The van der Waals surface area contributed by atoms with Crippen molar-refractivity contribution in [1.29, 1.82) is 0 Å². The summed E-state index contributed by atoms with van der Waals surface area (Å²) in [6.45, 7) is 4.17. The number of carbonyl (C=O) groups excluding carboxylic acids is 2. The van der Waals surface area contributed by atoms with Crippen molar-refractivity contribution in [3.8, 4) is 0 Å². The van der Waals surface area contributed by atoms with Crippen LogP contribution in [0.1, 0.15) is 245 Å². The molecule has 0 saturated heterocycles. The largest absolute Gasteiger partial charge is 0.472 e. The third kappa shape index (κ3) is 68.5. The molecule has 10 heteroatoms. The molecule has 86 heavy (non-hydrogen) atoms. The monoisotopic (exact) mass is 1210 g/mol. The summed E-state index contributed by atoms with van der Waals surface area (Å²) in [6, 6.07) is 0. The van der Waals surface area contributed by atoms with Gasteiger partial charge in [0.25, 0.3) is 0 Å². The van der Waals surface area contributed by atoms with Crippen LogP contribution in [0.3, 0.4) is 0 Å². The van der Waals surface area contributed by atoms with E-state index in [0.29, 0.717) is 17.4 Å². The molecule has 0 rings (SSSR count). The Labute approximate surface area is 528 Å². The van der Waals surface area contributed by atoms with E-state index in [1.54, 1.807) is 0 Å². The van der Waals surface area contributed by atoms with E-state index >= 15 is 0 Å². The van der Waals surface area contributed by atoms with Crippen LogP contribution >= 0.6 is 7.82 Å². The number of allylic oxidation sites excluding steroid dienone is 28. The molecule has 0 aromatic rings. The lowest BCUT2D eigenvalue weighted by atomic mass is 10.0. The van der Waals surface area contributed by atoms with Crippen LogP contribution in [0.15, 0.2) is 170 Å². The van der Waals surface area contributed by atoms with Gasteiger partial charge in [-0.25, -0.2) is 4.57 Å². The lowest BCUT2D eigenvalue weighted by molar-refractivity contribution is -0.870. The summed E-state index contributed by atoms with van der Waals surface area (Å²) in [5, 5.41) is 0. The second-order valence-electron chi connectivity index (χ2n) is 23.1. The first kappa shape index (κ1) is 81.4. The Bertz CT molecular complexity index is 2060. The highest BCUT2D eigenvalue weighted by atomic mass is 31.2. The molecule has 0 spiro atoms. The minimum Gasteiger partial charge on any atom is -0.462 e. The van der Waals surface area contributed by atoms with Crippen LogP contribution in [-0.4, -0.2) is 74.9 Å². The van der Waals surface area contributed by atoms with Gasteiger partial charge in [0.2, 0.25) is 0 Å². The van der Waals surface area contributed by atoms with E-state index in [-0.39, 0.29) is 32.0 Å². The number of hydrogen-bond acceptors (Lipinski definition) is 7. The normalized spacial score (nSPS) is 14.3. The van der Waals surface area contributed by atoms with Crippen molar-refractivity contribution in [3.05, 3.63) is 170 Å². The molecule has 0 aliphatic rings. The van der Waals surface area contributed by atoms with Crippen molar-refractivity contribution in [2.45, 2.75) is 251 Å². The maximum Gasteiger partial charge on any atom is 0.472 e. The first-order chi connectivity index (χ1) is 42.0. The van der Waals surface area contributed by atoms with E-state index < -0.39 is 26.5 Å². The van der Waals surface area contributed by atoms with Gasteiger partial charge in [-0.05, 0) is 128 Å². The Hall–Kier alpha value is -4.63. The summed E-state index contributed by atoms with van der Waals surface area (Å²) >= 11 is 0. The Morgan fingerprint density at radius 3 is 0.930 bits per heavy atom. The molecule has 0 aromatic heterocycles. The van der Waals surface area contributed by atoms with Crippen LogP contribution in [-0.2, 0) is 32.7 Å². The Balaban J connectivity index is 4.19. The van der Waals surface area contributed by atoms with Crippen molar-refractivity contribution in [2.75, 3.05) is 47.5 Å². The number of phosphoric ester groups is 1. The molecular formula is C76H125NO8P+. The predicted octanol–water partition coefficient (Wildman–Crippen LogP) is 22.2. The van der Waals surface area contributed by atoms with Crippen molar-refractivity contribution < 1.29 is 42.1 Å². The van der Waals surface area contributed by atoms with E-state index in [0.717, 1.165) is 141 Å². The molecule has 0 aromatic carbocycles. The van der Waals surface area contributed by atoms with E-state index in [1.165, 1.54) is 70.6 Å². The molecule has 0 amide bonds. The molecule has 486 valence electrons.